The number of sulfone groups is 1. The Morgan fingerprint density at radius 2 is 1.29 bits per heavy atom. The fourth-order valence-electron chi connectivity index (χ4n) is 3.02. The SMILES string of the molecule is Cc1ccc(S(=O)(=O)c2oc(-c3ccc(-c4ccccc4)cc3)nc2C)cc1. The standard InChI is InChI=1S/C23H19NO3S/c1-16-8-14-21(15-9-16)28(25,26)23-17(2)24-22(27-23)20-12-10-19(11-13-20)18-6-4-3-5-7-18/h3-15H,1-2H3. The summed E-state index contributed by atoms with van der Waals surface area (Å²) in [6.45, 7) is 3.56. The van der Waals surface area contributed by atoms with E-state index in [1.54, 1.807) is 31.2 Å². The maximum atomic E-state index is 12.9. The molecule has 0 saturated heterocycles. The lowest BCUT2D eigenvalue weighted by molar-refractivity contribution is 0.455. The summed E-state index contributed by atoms with van der Waals surface area (Å²) in [5.41, 5.74) is 4.25. The van der Waals surface area contributed by atoms with Gasteiger partial charge in [0.05, 0.1) is 10.6 Å². The molecule has 0 aliphatic carbocycles. The van der Waals surface area contributed by atoms with Gasteiger partial charge in [-0.1, -0.05) is 60.2 Å². The van der Waals surface area contributed by atoms with Gasteiger partial charge in [-0.2, -0.15) is 0 Å². The zero-order valence-electron chi connectivity index (χ0n) is 15.6. The molecule has 0 bridgehead atoms. The lowest BCUT2D eigenvalue weighted by atomic mass is 10.0. The van der Waals surface area contributed by atoms with Crippen molar-refractivity contribution in [3.05, 3.63) is 90.1 Å². The van der Waals surface area contributed by atoms with Crippen LogP contribution in [0.15, 0.2) is 93.3 Å². The first-order chi connectivity index (χ1) is 13.4. The predicted molar refractivity (Wildman–Crippen MR) is 109 cm³/mol. The molecule has 5 heteroatoms. The van der Waals surface area contributed by atoms with Gasteiger partial charge in [0.15, 0.2) is 0 Å². The zero-order valence-corrected chi connectivity index (χ0v) is 16.4. The van der Waals surface area contributed by atoms with E-state index >= 15 is 0 Å². The van der Waals surface area contributed by atoms with Crippen molar-refractivity contribution in [1.82, 2.24) is 4.98 Å². The van der Waals surface area contributed by atoms with Gasteiger partial charge in [-0.05, 0) is 49.2 Å². The molecule has 0 radical (unpaired) electrons. The summed E-state index contributed by atoms with van der Waals surface area (Å²) in [6, 6.07) is 24.4. The molecule has 4 rings (SSSR count). The predicted octanol–water partition coefficient (Wildman–Crippen LogP) is 5.46. The molecule has 0 saturated carbocycles. The number of aryl methyl sites for hydroxylation is 2. The van der Waals surface area contributed by atoms with E-state index in [1.165, 1.54) is 0 Å². The second-order valence-corrected chi connectivity index (χ2v) is 8.50. The molecule has 0 unspecified atom stereocenters. The molecular formula is C23H19NO3S. The van der Waals surface area contributed by atoms with Gasteiger partial charge in [-0.3, -0.25) is 0 Å². The largest absolute Gasteiger partial charge is 0.424 e. The number of nitrogens with zero attached hydrogens (tertiary/aromatic N) is 1. The first-order valence-corrected chi connectivity index (χ1v) is 10.4. The van der Waals surface area contributed by atoms with Gasteiger partial charge in [-0.15, -0.1) is 0 Å². The Bertz CT molecular complexity index is 1210. The Hall–Kier alpha value is -3.18. The van der Waals surface area contributed by atoms with Crippen molar-refractivity contribution >= 4 is 9.84 Å². The summed E-state index contributed by atoms with van der Waals surface area (Å²) in [5, 5.41) is -0.113. The fraction of sp³-hybridized carbons (Fsp3) is 0.0870. The molecule has 4 aromatic rings. The highest BCUT2D eigenvalue weighted by Crippen LogP contribution is 2.30. The van der Waals surface area contributed by atoms with Crippen molar-refractivity contribution in [3.8, 4) is 22.6 Å². The topological polar surface area (TPSA) is 60.2 Å². The van der Waals surface area contributed by atoms with Gasteiger partial charge in [-0.25, -0.2) is 13.4 Å². The van der Waals surface area contributed by atoms with Crippen molar-refractivity contribution in [2.45, 2.75) is 23.8 Å². The molecule has 0 spiro atoms. The van der Waals surface area contributed by atoms with Crippen LogP contribution in [-0.4, -0.2) is 13.4 Å². The average molecular weight is 389 g/mol. The third kappa shape index (κ3) is 3.37. The van der Waals surface area contributed by atoms with E-state index in [0.717, 1.165) is 22.3 Å². The Morgan fingerprint density at radius 3 is 1.93 bits per heavy atom. The van der Waals surface area contributed by atoms with Gasteiger partial charge < -0.3 is 4.42 Å². The van der Waals surface area contributed by atoms with Crippen LogP contribution in [0.5, 0.6) is 0 Å². The Kier molecular flexibility index (Phi) is 4.61. The van der Waals surface area contributed by atoms with Gasteiger partial charge in [0.1, 0.15) is 0 Å². The number of aromatic nitrogens is 1. The van der Waals surface area contributed by atoms with Crippen molar-refractivity contribution in [2.24, 2.45) is 0 Å². The minimum atomic E-state index is -3.75. The van der Waals surface area contributed by atoms with Crippen LogP contribution >= 0.6 is 0 Å². The first-order valence-electron chi connectivity index (χ1n) is 8.90. The lowest BCUT2D eigenvalue weighted by Crippen LogP contribution is -2.02. The number of hydrogen-bond donors (Lipinski definition) is 0. The summed E-state index contributed by atoms with van der Waals surface area (Å²) in [5.74, 6) is 0.294. The van der Waals surface area contributed by atoms with E-state index in [1.807, 2.05) is 61.5 Å². The number of hydrogen-bond acceptors (Lipinski definition) is 4. The van der Waals surface area contributed by atoms with E-state index in [9.17, 15) is 8.42 Å². The van der Waals surface area contributed by atoms with Crippen LogP contribution < -0.4 is 0 Å². The smallest absolute Gasteiger partial charge is 0.246 e. The highest BCUT2D eigenvalue weighted by molar-refractivity contribution is 7.91. The third-order valence-electron chi connectivity index (χ3n) is 4.57. The van der Waals surface area contributed by atoms with E-state index in [0.29, 0.717) is 11.6 Å². The summed E-state index contributed by atoms with van der Waals surface area (Å²) in [6.07, 6.45) is 0. The Morgan fingerprint density at radius 1 is 0.714 bits per heavy atom. The highest BCUT2D eigenvalue weighted by atomic mass is 32.2. The van der Waals surface area contributed by atoms with Crippen LogP contribution in [0.3, 0.4) is 0 Å². The molecule has 0 fully saturated rings. The fourth-order valence-corrected chi connectivity index (χ4v) is 4.35. The van der Waals surface area contributed by atoms with Crippen LogP contribution in [0.25, 0.3) is 22.6 Å². The summed E-state index contributed by atoms with van der Waals surface area (Å²) < 4.78 is 31.5. The molecule has 1 heterocycles. The second-order valence-electron chi connectivity index (χ2n) is 6.65. The minimum absolute atomic E-state index is 0.113. The lowest BCUT2D eigenvalue weighted by Gasteiger charge is -2.03. The van der Waals surface area contributed by atoms with Gasteiger partial charge in [0.2, 0.25) is 20.8 Å². The molecule has 1 aromatic heterocycles. The maximum Gasteiger partial charge on any atom is 0.246 e. The van der Waals surface area contributed by atoms with Gasteiger partial charge >= 0.3 is 0 Å². The quantitative estimate of drug-likeness (QED) is 0.465. The van der Waals surface area contributed by atoms with E-state index in [4.69, 9.17) is 4.42 Å². The first kappa shape index (κ1) is 18.2. The van der Waals surface area contributed by atoms with E-state index in [2.05, 4.69) is 4.98 Å². The monoisotopic (exact) mass is 389 g/mol. The van der Waals surface area contributed by atoms with E-state index < -0.39 is 9.84 Å². The molecule has 3 aromatic carbocycles. The van der Waals surface area contributed by atoms with Crippen molar-refractivity contribution < 1.29 is 12.8 Å². The molecule has 0 N–H and O–H groups in total. The van der Waals surface area contributed by atoms with Gasteiger partial charge in [0, 0.05) is 5.56 Å². The maximum absolute atomic E-state index is 12.9. The van der Waals surface area contributed by atoms with Crippen LogP contribution in [0.2, 0.25) is 0 Å². The number of rotatable bonds is 4. The van der Waals surface area contributed by atoms with Crippen LogP contribution in [0.1, 0.15) is 11.3 Å². The average Bonchev–Trinajstić information content (AvgIpc) is 3.12. The van der Waals surface area contributed by atoms with Crippen molar-refractivity contribution in [1.29, 1.82) is 0 Å². The second kappa shape index (κ2) is 7.09. The normalized spacial score (nSPS) is 11.5. The molecular weight excluding hydrogens is 370 g/mol. The number of benzene rings is 3. The van der Waals surface area contributed by atoms with Crippen LogP contribution in [-0.2, 0) is 9.84 Å². The molecule has 4 nitrogen and oxygen atoms in total. The molecule has 0 atom stereocenters. The molecule has 28 heavy (non-hydrogen) atoms. The number of oxazole rings is 1. The Labute approximate surface area is 164 Å². The van der Waals surface area contributed by atoms with Gasteiger partial charge in [0.25, 0.3) is 0 Å². The Balaban J connectivity index is 1.69. The van der Waals surface area contributed by atoms with Crippen molar-refractivity contribution in [3.63, 3.8) is 0 Å². The van der Waals surface area contributed by atoms with Crippen molar-refractivity contribution in [2.75, 3.05) is 0 Å². The van der Waals surface area contributed by atoms with Crippen LogP contribution in [0, 0.1) is 13.8 Å². The molecule has 140 valence electrons. The zero-order chi connectivity index (χ0) is 19.7. The molecule has 0 amide bonds. The molecule has 0 aliphatic rings. The third-order valence-corrected chi connectivity index (χ3v) is 6.33. The summed E-state index contributed by atoms with van der Waals surface area (Å²) in [4.78, 5) is 4.54. The molecule has 0 aliphatic heterocycles. The van der Waals surface area contributed by atoms with Crippen LogP contribution in [0.4, 0.5) is 0 Å². The van der Waals surface area contributed by atoms with E-state index in [-0.39, 0.29) is 9.99 Å². The highest BCUT2D eigenvalue weighted by Gasteiger charge is 2.26. The minimum Gasteiger partial charge on any atom is -0.424 e. The summed E-state index contributed by atoms with van der Waals surface area (Å²) >= 11 is 0. The summed E-state index contributed by atoms with van der Waals surface area (Å²) in [7, 11) is -3.75.